The van der Waals surface area contributed by atoms with E-state index in [1.807, 2.05) is 0 Å². The predicted octanol–water partition coefficient (Wildman–Crippen LogP) is -1.10. The summed E-state index contributed by atoms with van der Waals surface area (Å²) in [4.78, 5) is 25.9. The van der Waals surface area contributed by atoms with E-state index in [0.717, 1.165) is 0 Å². The largest absolute Gasteiger partial charge is 2.00 e. The minimum atomic E-state index is -1.27. The number of carboxylic acid groups (broad SMARTS) is 2. The van der Waals surface area contributed by atoms with Gasteiger partial charge in [-0.2, -0.15) is 0 Å². The summed E-state index contributed by atoms with van der Waals surface area (Å²) in [6.07, 6.45) is 0. The third-order valence-electron chi connectivity index (χ3n) is 6.20. The number of carboxylic acids is 2. The maximum absolute atomic E-state index is 11.7. The fourth-order valence-electron chi connectivity index (χ4n) is 4.32. The van der Waals surface area contributed by atoms with Crippen molar-refractivity contribution in [1.29, 1.82) is 0 Å². The van der Waals surface area contributed by atoms with Gasteiger partial charge in [0.2, 0.25) is 0 Å². The molecule has 1 unspecified atom stereocenters. The second-order valence-electron chi connectivity index (χ2n) is 8.78. The maximum Gasteiger partial charge on any atom is 2.00 e. The number of phenolic OH excluding ortho intramolecular Hbond substituents is 2. The molecule has 0 heterocycles. The molecule has 0 saturated carbocycles. The Labute approximate surface area is 235 Å². The first-order valence-electron chi connectivity index (χ1n) is 11.7. The van der Waals surface area contributed by atoms with E-state index in [2.05, 4.69) is 0 Å². The third-order valence-corrected chi connectivity index (χ3v) is 6.20. The Kier molecular flexibility index (Phi) is 14.4. The van der Waals surface area contributed by atoms with Gasteiger partial charge in [0.15, 0.2) is 0 Å². The van der Waals surface area contributed by atoms with Crippen molar-refractivity contribution in [2.24, 2.45) is 0 Å². The number of aliphatic hydroxyl groups is 5. The number of hydrogen-bond donors (Lipinski definition) is 9. The van der Waals surface area contributed by atoms with Crippen LogP contribution in [0.4, 0.5) is 0 Å². The predicted molar refractivity (Wildman–Crippen MR) is 132 cm³/mol. The molecular formula is C25H34FeN2O11+2. The van der Waals surface area contributed by atoms with Crippen LogP contribution in [0.1, 0.15) is 33.4 Å². The van der Waals surface area contributed by atoms with Gasteiger partial charge < -0.3 is 46.0 Å². The van der Waals surface area contributed by atoms with E-state index in [9.17, 15) is 55.5 Å². The van der Waals surface area contributed by atoms with E-state index in [0.29, 0.717) is 11.1 Å². The topological polar surface area (TPSA) is 223 Å². The van der Waals surface area contributed by atoms with Gasteiger partial charge in [-0.05, 0) is 34.4 Å². The number of carbonyl (C=O) groups is 2. The number of aromatic hydroxyl groups is 2. The summed E-state index contributed by atoms with van der Waals surface area (Å²) in [5.41, 5.74) is 1.45. The molecule has 0 spiro atoms. The zero-order valence-corrected chi connectivity index (χ0v) is 22.2. The molecule has 0 aliphatic heterocycles. The second kappa shape index (κ2) is 16.4. The third kappa shape index (κ3) is 9.42. The van der Waals surface area contributed by atoms with E-state index in [-0.39, 0.29) is 70.5 Å². The molecule has 0 bridgehead atoms. The van der Waals surface area contributed by atoms with Crippen molar-refractivity contribution >= 4 is 11.9 Å². The van der Waals surface area contributed by atoms with Gasteiger partial charge in [-0.15, -0.1) is 0 Å². The van der Waals surface area contributed by atoms with Crippen molar-refractivity contribution in [1.82, 2.24) is 9.80 Å². The van der Waals surface area contributed by atoms with Crippen molar-refractivity contribution in [3.8, 4) is 11.5 Å². The molecule has 0 radical (unpaired) electrons. The van der Waals surface area contributed by atoms with Crippen LogP contribution in [-0.4, -0.2) is 100.0 Å². The Morgan fingerprint density at radius 3 is 1.87 bits per heavy atom. The van der Waals surface area contributed by atoms with Gasteiger partial charge in [-0.1, -0.05) is 12.1 Å². The van der Waals surface area contributed by atoms with Crippen molar-refractivity contribution in [3.05, 3.63) is 57.6 Å². The molecule has 0 fully saturated rings. The first-order chi connectivity index (χ1) is 18.1. The Morgan fingerprint density at radius 1 is 0.718 bits per heavy atom. The summed E-state index contributed by atoms with van der Waals surface area (Å²) in [5.74, 6) is -3.05. The Morgan fingerprint density at radius 2 is 1.36 bits per heavy atom. The summed E-state index contributed by atoms with van der Waals surface area (Å²) in [6.45, 7) is -4.32. The van der Waals surface area contributed by atoms with Crippen molar-refractivity contribution in [2.45, 2.75) is 45.6 Å². The molecule has 2 aromatic carbocycles. The first-order valence-corrected chi connectivity index (χ1v) is 11.7. The monoisotopic (exact) mass is 594 g/mol. The molecule has 39 heavy (non-hydrogen) atoms. The van der Waals surface area contributed by atoms with Crippen LogP contribution in [0, 0.1) is 0 Å². The summed E-state index contributed by atoms with van der Waals surface area (Å²) in [7, 11) is 0. The van der Waals surface area contributed by atoms with E-state index in [1.165, 1.54) is 34.1 Å². The van der Waals surface area contributed by atoms with Crippen molar-refractivity contribution in [2.75, 3.05) is 26.2 Å². The standard InChI is InChI=1S/C25H34N2O11.Fe/c28-10-15-3-17(12-30)19(23(34)4-15)6-26(8-24(35)36)5-18(13-31)27(9-25(37)38)7-20-21(14-32)16(11-29)1-2-22(20)33;/h1-4,18,28-34H,5-14H2,(H,35,36)(H,37,38);/q;+2. The molecule has 2 rings (SSSR count). The van der Waals surface area contributed by atoms with Crippen LogP contribution in [0.15, 0.2) is 24.3 Å². The molecule has 13 nitrogen and oxygen atoms in total. The number of phenols is 2. The second-order valence-corrected chi connectivity index (χ2v) is 8.78. The minimum Gasteiger partial charge on any atom is -0.508 e. The number of benzene rings is 2. The molecule has 0 saturated heterocycles. The molecule has 1 atom stereocenters. The molecule has 0 aromatic heterocycles. The smallest absolute Gasteiger partial charge is 0.508 e. The van der Waals surface area contributed by atoms with Crippen molar-refractivity contribution in [3.63, 3.8) is 0 Å². The molecule has 14 heteroatoms. The van der Waals surface area contributed by atoms with Gasteiger partial charge >= 0.3 is 29.0 Å². The quantitative estimate of drug-likeness (QED) is 0.105. The Bertz CT molecular complexity index is 1120. The fraction of sp³-hybridized carbons (Fsp3) is 0.440. The molecule has 0 amide bonds. The van der Waals surface area contributed by atoms with E-state index >= 15 is 0 Å². The van der Waals surface area contributed by atoms with E-state index in [1.54, 1.807) is 0 Å². The molecule has 0 aliphatic carbocycles. The fourth-order valence-corrected chi connectivity index (χ4v) is 4.32. The average Bonchev–Trinajstić information content (AvgIpc) is 2.87. The molecule has 9 N–H and O–H groups in total. The number of rotatable bonds is 16. The van der Waals surface area contributed by atoms with Gasteiger partial charge in [0.05, 0.1) is 46.1 Å². The number of nitrogens with zero attached hydrogens (tertiary/aromatic N) is 2. The first kappa shape index (κ1) is 34.2. The molecular weight excluding hydrogens is 560 g/mol. The number of aliphatic hydroxyl groups excluding tert-OH is 5. The van der Waals surface area contributed by atoms with Crippen LogP contribution in [-0.2, 0) is 66.2 Å². The summed E-state index contributed by atoms with van der Waals surface area (Å²) in [5, 5.41) is 88.6. The van der Waals surface area contributed by atoms with Gasteiger partial charge in [0, 0.05) is 36.8 Å². The SMILES string of the molecule is O=C(O)CN(Cc1c(O)cc(CO)cc1CO)CC(CO)N(CC(=O)O)Cc1c(O)ccc(CO)c1CO.[Fe+2]. The Balaban J connectivity index is 0.00000760. The van der Waals surface area contributed by atoms with Gasteiger partial charge in [-0.3, -0.25) is 19.4 Å². The summed E-state index contributed by atoms with van der Waals surface area (Å²) >= 11 is 0. The van der Waals surface area contributed by atoms with E-state index in [4.69, 9.17) is 0 Å². The summed E-state index contributed by atoms with van der Waals surface area (Å²) < 4.78 is 0. The Hall–Kier alpha value is -2.78. The van der Waals surface area contributed by atoms with Gasteiger partial charge in [-0.25, -0.2) is 0 Å². The average molecular weight is 594 g/mol. The van der Waals surface area contributed by atoms with Crippen LogP contribution in [0.2, 0.25) is 0 Å². The number of aliphatic carboxylic acids is 2. The minimum absolute atomic E-state index is 0. The maximum atomic E-state index is 11.7. The molecule has 216 valence electrons. The van der Waals surface area contributed by atoms with Gasteiger partial charge in [0.25, 0.3) is 0 Å². The normalized spacial score (nSPS) is 12.0. The van der Waals surface area contributed by atoms with Crippen molar-refractivity contribution < 1.29 is 72.6 Å². The molecule has 2 aromatic rings. The van der Waals surface area contributed by atoms with Crippen LogP contribution < -0.4 is 0 Å². The zero-order chi connectivity index (χ0) is 28.4. The van der Waals surface area contributed by atoms with Crippen LogP contribution >= 0.6 is 0 Å². The number of hydrogen-bond acceptors (Lipinski definition) is 11. The van der Waals surface area contributed by atoms with Crippen LogP contribution in [0.5, 0.6) is 11.5 Å². The van der Waals surface area contributed by atoms with Gasteiger partial charge in [0.1, 0.15) is 11.5 Å². The zero-order valence-electron chi connectivity index (χ0n) is 21.0. The van der Waals surface area contributed by atoms with Crippen LogP contribution in [0.25, 0.3) is 0 Å². The molecule has 0 aliphatic rings. The van der Waals surface area contributed by atoms with E-state index < -0.39 is 64.1 Å². The summed E-state index contributed by atoms with van der Waals surface area (Å²) in [6, 6.07) is 4.46. The van der Waals surface area contributed by atoms with Crippen LogP contribution in [0.3, 0.4) is 0 Å².